The predicted octanol–water partition coefficient (Wildman–Crippen LogP) is 3.46. The van der Waals surface area contributed by atoms with Crippen molar-refractivity contribution in [2.75, 3.05) is 5.32 Å². The third-order valence-electron chi connectivity index (χ3n) is 3.78. The summed E-state index contributed by atoms with van der Waals surface area (Å²) in [7, 11) is 0. The first-order chi connectivity index (χ1) is 14.3. The Labute approximate surface area is 174 Å². The summed E-state index contributed by atoms with van der Waals surface area (Å²) in [5.41, 5.74) is 2.94. The number of thioether (sulfide) groups is 1. The standard InChI is InChI=1S/C19H15N7OS2/c27-17(11-8-14-6-9-16(10-7-14)26-13-20-24-25-26)21-18-22-23-19(29-18)28-12-15-4-2-1-3-5-15/h1-11,13H,12H2,(H,21,22,27)/b11-8+. The van der Waals surface area contributed by atoms with Crippen LogP contribution in [0.15, 0.2) is 71.3 Å². The fourth-order valence-corrected chi connectivity index (χ4v) is 4.09. The maximum atomic E-state index is 12.1. The SMILES string of the molecule is O=C(/C=C/c1ccc(-n2cnnn2)cc1)Nc1nnc(SCc2ccccc2)s1. The second kappa shape index (κ2) is 9.22. The number of carbonyl (C=O) groups is 1. The van der Waals surface area contributed by atoms with E-state index in [0.717, 1.165) is 21.3 Å². The molecule has 0 fully saturated rings. The third-order valence-corrected chi connectivity index (χ3v) is 5.82. The average Bonchev–Trinajstić information content (AvgIpc) is 3.44. The second-order valence-corrected chi connectivity index (χ2v) is 8.02. The van der Waals surface area contributed by atoms with Crippen LogP contribution in [0.3, 0.4) is 0 Å². The van der Waals surface area contributed by atoms with Crippen molar-refractivity contribution in [1.82, 2.24) is 30.4 Å². The number of benzene rings is 2. The number of carbonyl (C=O) groups excluding carboxylic acids is 1. The summed E-state index contributed by atoms with van der Waals surface area (Å²) in [6.07, 6.45) is 4.71. The Kier molecular flexibility index (Phi) is 6.03. The van der Waals surface area contributed by atoms with Gasteiger partial charge < -0.3 is 0 Å². The molecule has 144 valence electrons. The van der Waals surface area contributed by atoms with Crippen molar-refractivity contribution in [3.63, 3.8) is 0 Å². The predicted molar refractivity (Wildman–Crippen MR) is 113 cm³/mol. The third kappa shape index (κ3) is 5.33. The first kappa shape index (κ1) is 19.0. The van der Waals surface area contributed by atoms with Crippen LogP contribution in [0.2, 0.25) is 0 Å². The molecule has 4 rings (SSSR count). The highest BCUT2D eigenvalue weighted by molar-refractivity contribution is 8.00. The van der Waals surface area contributed by atoms with Gasteiger partial charge in [0.2, 0.25) is 11.0 Å². The largest absolute Gasteiger partial charge is 0.297 e. The van der Waals surface area contributed by atoms with E-state index in [1.807, 2.05) is 42.5 Å². The number of hydrogen-bond acceptors (Lipinski definition) is 8. The zero-order chi connectivity index (χ0) is 19.9. The fourth-order valence-electron chi connectivity index (χ4n) is 2.37. The fraction of sp³-hybridized carbons (Fsp3) is 0.0526. The summed E-state index contributed by atoms with van der Waals surface area (Å²) in [6.45, 7) is 0. The lowest BCUT2D eigenvalue weighted by Crippen LogP contribution is -2.07. The van der Waals surface area contributed by atoms with Crippen molar-refractivity contribution in [2.24, 2.45) is 0 Å². The zero-order valence-corrected chi connectivity index (χ0v) is 16.7. The molecule has 0 radical (unpaired) electrons. The van der Waals surface area contributed by atoms with Gasteiger partial charge in [-0.2, -0.15) is 0 Å². The van der Waals surface area contributed by atoms with Gasteiger partial charge in [0.05, 0.1) is 5.69 Å². The van der Waals surface area contributed by atoms with Crippen LogP contribution in [0.5, 0.6) is 0 Å². The van der Waals surface area contributed by atoms with Gasteiger partial charge in [0, 0.05) is 11.8 Å². The van der Waals surface area contributed by atoms with Gasteiger partial charge in [-0.3, -0.25) is 10.1 Å². The lowest BCUT2D eigenvalue weighted by atomic mass is 10.2. The summed E-state index contributed by atoms with van der Waals surface area (Å²) in [5, 5.41) is 22.4. The molecule has 29 heavy (non-hydrogen) atoms. The normalized spacial score (nSPS) is 11.0. The number of tetrazole rings is 1. The Morgan fingerprint density at radius 2 is 1.93 bits per heavy atom. The number of nitrogens with one attached hydrogen (secondary N) is 1. The molecule has 2 heterocycles. The van der Waals surface area contributed by atoms with E-state index in [2.05, 4.69) is 43.2 Å². The van der Waals surface area contributed by atoms with Crippen LogP contribution in [0.1, 0.15) is 11.1 Å². The van der Waals surface area contributed by atoms with Crippen molar-refractivity contribution in [3.8, 4) is 5.69 Å². The van der Waals surface area contributed by atoms with Crippen LogP contribution >= 0.6 is 23.1 Å². The number of hydrogen-bond donors (Lipinski definition) is 1. The molecule has 8 nitrogen and oxygen atoms in total. The van der Waals surface area contributed by atoms with Gasteiger partial charge in [0.1, 0.15) is 6.33 Å². The molecule has 0 saturated heterocycles. The van der Waals surface area contributed by atoms with Crippen molar-refractivity contribution in [1.29, 1.82) is 0 Å². The van der Waals surface area contributed by atoms with Crippen LogP contribution in [0, 0.1) is 0 Å². The van der Waals surface area contributed by atoms with E-state index < -0.39 is 0 Å². The average molecular weight is 422 g/mol. The molecule has 0 aliphatic carbocycles. The van der Waals surface area contributed by atoms with Gasteiger partial charge in [-0.15, -0.1) is 15.3 Å². The Morgan fingerprint density at radius 3 is 2.69 bits per heavy atom. The minimum Gasteiger partial charge on any atom is -0.297 e. The molecule has 0 saturated carbocycles. The number of aromatic nitrogens is 6. The van der Waals surface area contributed by atoms with E-state index in [1.54, 1.807) is 22.5 Å². The van der Waals surface area contributed by atoms with Crippen molar-refractivity contribution >= 4 is 40.2 Å². The molecule has 1 amide bonds. The molecule has 0 unspecified atom stereocenters. The lowest BCUT2D eigenvalue weighted by molar-refractivity contribution is -0.111. The van der Waals surface area contributed by atoms with Gasteiger partial charge in [-0.1, -0.05) is 65.6 Å². The molecular weight excluding hydrogens is 406 g/mol. The van der Waals surface area contributed by atoms with E-state index in [9.17, 15) is 4.79 Å². The van der Waals surface area contributed by atoms with Crippen molar-refractivity contribution in [3.05, 3.63) is 78.1 Å². The van der Waals surface area contributed by atoms with Gasteiger partial charge in [0.25, 0.3) is 0 Å². The van der Waals surface area contributed by atoms with Gasteiger partial charge >= 0.3 is 0 Å². The first-order valence-corrected chi connectivity index (χ1v) is 10.4. The topological polar surface area (TPSA) is 98.5 Å². The second-order valence-electron chi connectivity index (χ2n) is 5.82. The number of amides is 1. The summed E-state index contributed by atoms with van der Waals surface area (Å²) in [6, 6.07) is 17.6. The van der Waals surface area contributed by atoms with E-state index in [-0.39, 0.29) is 5.91 Å². The van der Waals surface area contributed by atoms with Crippen LogP contribution in [-0.2, 0) is 10.5 Å². The first-order valence-electron chi connectivity index (χ1n) is 8.59. The summed E-state index contributed by atoms with van der Waals surface area (Å²) in [4.78, 5) is 12.1. The van der Waals surface area contributed by atoms with Crippen LogP contribution in [0.25, 0.3) is 11.8 Å². The van der Waals surface area contributed by atoms with Crippen molar-refractivity contribution < 1.29 is 4.79 Å². The molecular formula is C19H15N7OS2. The maximum Gasteiger partial charge on any atom is 0.250 e. The Morgan fingerprint density at radius 1 is 1.10 bits per heavy atom. The maximum absolute atomic E-state index is 12.1. The lowest BCUT2D eigenvalue weighted by Gasteiger charge is -1.99. The molecule has 2 aromatic heterocycles. The number of rotatable bonds is 7. The molecule has 2 aromatic carbocycles. The summed E-state index contributed by atoms with van der Waals surface area (Å²) >= 11 is 2.95. The smallest absolute Gasteiger partial charge is 0.250 e. The molecule has 0 aliphatic heterocycles. The number of nitrogens with zero attached hydrogens (tertiary/aromatic N) is 6. The Hall–Kier alpha value is -3.37. The molecule has 0 bridgehead atoms. The van der Waals surface area contributed by atoms with Gasteiger partial charge in [-0.05, 0) is 39.8 Å². The molecule has 10 heteroatoms. The van der Waals surface area contributed by atoms with E-state index in [1.165, 1.54) is 29.3 Å². The molecule has 1 N–H and O–H groups in total. The molecule has 4 aromatic rings. The summed E-state index contributed by atoms with van der Waals surface area (Å²) in [5.74, 6) is 0.551. The Balaban J connectivity index is 1.30. The molecule has 0 aliphatic rings. The number of anilines is 1. The zero-order valence-electron chi connectivity index (χ0n) is 15.0. The molecule has 0 atom stereocenters. The van der Waals surface area contributed by atoms with Crippen LogP contribution < -0.4 is 5.32 Å². The minimum absolute atomic E-state index is 0.259. The van der Waals surface area contributed by atoms with E-state index in [4.69, 9.17) is 0 Å². The van der Waals surface area contributed by atoms with Gasteiger partial charge in [0.15, 0.2) is 4.34 Å². The monoisotopic (exact) mass is 421 g/mol. The Bertz CT molecular complexity index is 1090. The highest BCUT2D eigenvalue weighted by Crippen LogP contribution is 2.28. The highest BCUT2D eigenvalue weighted by atomic mass is 32.2. The summed E-state index contributed by atoms with van der Waals surface area (Å²) < 4.78 is 2.37. The van der Waals surface area contributed by atoms with Crippen LogP contribution in [0.4, 0.5) is 5.13 Å². The quantitative estimate of drug-likeness (QED) is 0.277. The van der Waals surface area contributed by atoms with E-state index >= 15 is 0 Å². The molecule has 0 spiro atoms. The van der Waals surface area contributed by atoms with Crippen molar-refractivity contribution in [2.45, 2.75) is 10.1 Å². The van der Waals surface area contributed by atoms with Crippen LogP contribution in [-0.4, -0.2) is 36.3 Å². The highest BCUT2D eigenvalue weighted by Gasteiger charge is 2.07. The van der Waals surface area contributed by atoms with E-state index in [0.29, 0.717) is 5.13 Å². The minimum atomic E-state index is -0.259. The van der Waals surface area contributed by atoms with Gasteiger partial charge in [-0.25, -0.2) is 4.68 Å².